The number of rotatable bonds is 13. The van der Waals surface area contributed by atoms with Crippen LogP contribution < -0.4 is 0 Å². The van der Waals surface area contributed by atoms with E-state index in [1.165, 1.54) is 93.3 Å². The van der Waals surface area contributed by atoms with Crippen LogP contribution in [0.5, 0.6) is 0 Å². The van der Waals surface area contributed by atoms with Crippen molar-refractivity contribution in [3.63, 3.8) is 0 Å². The van der Waals surface area contributed by atoms with Crippen molar-refractivity contribution < 1.29 is 19.4 Å². The summed E-state index contributed by atoms with van der Waals surface area (Å²) in [4.78, 5) is 19.5. The molecule has 0 saturated carbocycles. The van der Waals surface area contributed by atoms with Gasteiger partial charge in [-0.3, -0.25) is 4.79 Å². The number of carboxylic acids is 1. The summed E-state index contributed by atoms with van der Waals surface area (Å²) in [5, 5.41) is 19.3. The Bertz CT molecular complexity index is 1260. The summed E-state index contributed by atoms with van der Waals surface area (Å²) < 4.78 is 10.8. The molecule has 4 saturated heterocycles. The smallest absolute Gasteiger partial charge is 0.314 e. The molecule has 0 aromatic heterocycles. The Morgan fingerprint density at radius 3 is 1.55 bits per heavy atom. The number of carboxylic acid groups (broad SMARTS) is 1. The van der Waals surface area contributed by atoms with E-state index in [0.717, 1.165) is 29.7 Å². The highest BCUT2D eigenvalue weighted by atomic mass is 32.2. The summed E-state index contributed by atoms with van der Waals surface area (Å²) in [5.74, 6) is 1.57. The molecule has 2 aromatic rings. The highest BCUT2D eigenvalue weighted by molar-refractivity contribution is 7.99. The summed E-state index contributed by atoms with van der Waals surface area (Å²) in [7, 11) is 0. The molecule has 0 aliphatic carbocycles. The molecule has 0 spiro atoms. The lowest BCUT2D eigenvalue weighted by Gasteiger charge is -2.33. The van der Waals surface area contributed by atoms with Crippen LogP contribution in [-0.4, -0.2) is 98.1 Å². The fraction of sp³-hybridized carbons (Fsp3) is 0.632. The van der Waals surface area contributed by atoms with Gasteiger partial charge in [0.25, 0.3) is 0 Å². The average Bonchev–Trinajstić information content (AvgIpc) is 3.85. The maximum absolute atomic E-state index is 11.8. The molecule has 4 aliphatic rings. The van der Waals surface area contributed by atoms with E-state index in [2.05, 4.69) is 52.3 Å². The lowest BCUT2D eigenvalue weighted by Crippen LogP contribution is -2.41. The Balaban J connectivity index is 0.000000185. The normalized spacial score (nSPS) is 21.1. The van der Waals surface area contributed by atoms with Gasteiger partial charge in [0.05, 0.1) is 16.9 Å². The van der Waals surface area contributed by atoms with Gasteiger partial charge in [0, 0.05) is 36.2 Å². The Morgan fingerprint density at radius 1 is 0.702 bits per heavy atom. The highest BCUT2D eigenvalue weighted by Crippen LogP contribution is 2.37. The molecule has 6 rings (SSSR count). The third-order valence-electron chi connectivity index (χ3n) is 10.3. The van der Waals surface area contributed by atoms with E-state index in [4.69, 9.17) is 9.47 Å². The van der Waals surface area contributed by atoms with E-state index >= 15 is 0 Å². The van der Waals surface area contributed by atoms with Crippen molar-refractivity contribution in [1.29, 1.82) is 5.26 Å². The first kappa shape index (κ1) is 36.2. The van der Waals surface area contributed by atoms with Gasteiger partial charge in [-0.2, -0.15) is 5.26 Å². The van der Waals surface area contributed by atoms with E-state index in [9.17, 15) is 15.2 Å². The van der Waals surface area contributed by atoms with Gasteiger partial charge >= 0.3 is 5.97 Å². The number of thioether (sulfide) groups is 2. The van der Waals surface area contributed by atoms with Gasteiger partial charge in [-0.15, -0.1) is 23.5 Å². The van der Waals surface area contributed by atoms with E-state index < -0.39 is 11.4 Å². The molecule has 4 heterocycles. The third kappa shape index (κ3) is 10.2. The van der Waals surface area contributed by atoms with Crippen LogP contribution in [0.4, 0.5) is 0 Å². The number of nitriles is 1. The number of hydrogen-bond acceptors (Lipinski definition) is 8. The molecule has 0 bridgehead atoms. The van der Waals surface area contributed by atoms with Crippen molar-refractivity contribution in [1.82, 2.24) is 9.80 Å². The average molecular weight is 680 g/mol. The van der Waals surface area contributed by atoms with Crippen LogP contribution in [0, 0.1) is 11.3 Å². The Labute approximate surface area is 290 Å². The van der Waals surface area contributed by atoms with Crippen molar-refractivity contribution in [3.05, 3.63) is 59.7 Å². The predicted molar refractivity (Wildman–Crippen MR) is 192 cm³/mol. The van der Waals surface area contributed by atoms with Crippen LogP contribution >= 0.6 is 23.5 Å². The Hall–Kier alpha value is -2.06. The number of aliphatic carboxylic acids is 1. The molecular weight excluding hydrogens is 627 g/mol. The largest absolute Gasteiger partial charge is 0.481 e. The topological polar surface area (TPSA) is 86.0 Å². The monoisotopic (exact) mass is 679 g/mol. The molecule has 0 unspecified atom stereocenters. The van der Waals surface area contributed by atoms with Crippen molar-refractivity contribution in [3.8, 4) is 6.07 Å². The summed E-state index contributed by atoms with van der Waals surface area (Å²) >= 11 is 3.80. The van der Waals surface area contributed by atoms with Gasteiger partial charge < -0.3 is 24.4 Å². The maximum Gasteiger partial charge on any atom is 0.314 e. The summed E-state index contributed by atoms with van der Waals surface area (Å²) in [6.45, 7) is 9.99. The van der Waals surface area contributed by atoms with Crippen LogP contribution in [0.25, 0.3) is 0 Å². The van der Waals surface area contributed by atoms with E-state index in [1.54, 1.807) is 0 Å². The number of hydrogen-bond donors (Lipinski definition) is 1. The minimum Gasteiger partial charge on any atom is -0.481 e. The van der Waals surface area contributed by atoms with Crippen molar-refractivity contribution in [2.45, 2.75) is 84.8 Å². The summed E-state index contributed by atoms with van der Waals surface area (Å²) in [6, 6.07) is 19.4. The molecule has 1 N–H and O–H groups in total. The van der Waals surface area contributed by atoms with Gasteiger partial charge in [-0.1, -0.05) is 24.3 Å². The number of ether oxygens (including phenoxy) is 2. The summed E-state index contributed by atoms with van der Waals surface area (Å²) in [6.07, 6.45) is 10.7. The SMILES string of the molecule is N#CC1(c2ccc(SCCCN3CCCC3)cc2)CCOCC1.O=C(O)C1(c2ccc(SCCCN3CCCC3)cc2)CCOCC1. The fourth-order valence-corrected chi connectivity index (χ4v) is 8.92. The predicted octanol–water partition coefficient (Wildman–Crippen LogP) is 7.23. The molecule has 7 nitrogen and oxygen atoms in total. The number of nitrogens with zero attached hydrogens (tertiary/aromatic N) is 3. The standard InChI is InChI=1S/C19H26N2OS.C19H27NO3S/c20-16-19(8-13-22-14-9-19)17-4-6-18(7-5-17)23-15-3-12-21-10-1-2-11-21;21-18(22)19(8-13-23-14-9-19)16-4-6-17(7-5-16)24-15-3-12-20-10-1-2-11-20/h4-7H,1-3,8-15H2;4-7H,1-3,8-15H2,(H,21,22). The van der Waals surface area contributed by atoms with Gasteiger partial charge in [-0.05, 0) is 150 Å². The molecular formula is C38H53N3O4S2. The van der Waals surface area contributed by atoms with Crippen molar-refractivity contribution in [2.24, 2.45) is 0 Å². The highest BCUT2D eigenvalue weighted by Gasteiger charge is 2.41. The maximum atomic E-state index is 11.8. The molecule has 47 heavy (non-hydrogen) atoms. The Kier molecular flexibility index (Phi) is 14.4. The van der Waals surface area contributed by atoms with Crippen LogP contribution in [0.15, 0.2) is 58.3 Å². The minimum absolute atomic E-state index is 0.336. The van der Waals surface area contributed by atoms with E-state index in [-0.39, 0.29) is 5.41 Å². The molecule has 256 valence electrons. The second kappa shape index (κ2) is 18.6. The number of benzene rings is 2. The second-order valence-electron chi connectivity index (χ2n) is 13.4. The molecule has 9 heteroatoms. The Morgan fingerprint density at radius 2 is 1.13 bits per heavy atom. The lowest BCUT2D eigenvalue weighted by molar-refractivity contribution is -0.147. The van der Waals surface area contributed by atoms with Gasteiger partial charge in [-0.25, -0.2) is 0 Å². The molecule has 4 aliphatic heterocycles. The van der Waals surface area contributed by atoms with E-state index in [0.29, 0.717) is 39.3 Å². The molecule has 0 amide bonds. The molecule has 4 fully saturated rings. The first-order chi connectivity index (χ1) is 23.0. The van der Waals surface area contributed by atoms with Gasteiger partial charge in [0.1, 0.15) is 0 Å². The van der Waals surface area contributed by atoms with Crippen LogP contribution in [0.2, 0.25) is 0 Å². The third-order valence-corrected chi connectivity index (χ3v) is 12.5. The van der Waals surface area contributed by atoms with Crippen LogP contribution in [0.1, 0.15) is 75.3 Å². The first-order valence-corrected chi connectivity index (χ1v) is 19.7. The van der Waals surface area contributed by atoms with Gasteiger partial charge in [0.2, 0.25) is 0 Å². The van der Waals surface area contributed by atoms with E-state index in [1.807, 2.05) is 35.7 Å². The quantitative estimate of drug-likeness (QED) is 0.174. The minimum atomic E-state index is -0.767. The van der Waals surface area contributed by atoms with Crippen LogP contribution in [-0.2, 0) is 25.1 Å². The number of carbonyl (C=O) groups is 1. The zero-order valence-electron chi connectivity index (χ0n) is 28.0. The first-order valence-electron chi connectivity index (χ1n) is 17.7. The van der Waals surface area contributed by atoms with Crippen molar-refractivity contribution >= 4 is 29.5 Å². The van der Waals surface area contributed by atoms with Crippen LogP contribution in [0.3, 0.4) is 0 Å². The summed E-state index contributed by atoms with van der Waals surface area (Å²) in [5.41, 5.74) is 0.971. The second-order valence-corrected chi connectivity index (χ2v) is 15.7. The zero-order chi connectivity index (χ0) is 32.8. The molecule has 0 atom stereocenters. The molecule has 2 aromatic carbocycles. The number of likely N-dealkylation sites (tertiary alicyclic amines) is 2. The zero-order valence-corrected chi connectivity index (χ0v) is 29.6. The lowest BCUT2D eigenvalue weighted by atomic mass is 9.74. The molecule has 0 radical (unpaired) electrons. The van der Waals surface area contributed by atoms with Gasteiger partial charge in [0.15, 0.2) is 0 Å². The van der Waals surface area contributed by atoms with Crippen molar-refractivity contribution in [2.75, 3.05) is 77.2 Å². The fourth-order valence-electron chi connectivity index (χ4n) is 7.24.